The molecule has 0 atom stereocenters. The molecule has 0 aliphatic heterocycles. The number of oxazole rings is 1. The quantitative estimate of drug-likeness (QED) is 0.423. The third-order valence-electron chi connectivity index (χ3n) is 4.01. The highest BCUT2D eigenvalue weighted by atomic mass is 32.2. The molecule has 4 rings (SSSR count). The Morgan fingerprint density at radius 2 is 1.77 bits per heavy atom. The standard InChI is InChI=1S/C19H15F2N3OS/c1-12-15(22-17(25-12)13-7-3-2-4-8-13)11-26-19-23-14-9-5-6-10-16(14)24(19)18(20)21/h2-10,18H,11H2,1H3. The summed E-state index contributed by atoms with van der Waals surface area (Å²) in [7, 11) is 0. The zero-order valence-electron chi connectivity index (χ0n) is 13.9. The second kappa shape index (κ2) is 6.92. The van der Waals surface area contributed by atoms with Crippen molar-refractivity contribution in [2.24, 2.45) is 0 Å². The first kappa shape index (κ1) is 16.8. The lowest BCUT2D eigenvalue weighted by Gasteiger charge is -2.06. The molecular weight excluding hydrogens is 356 g/mol. The van der Waals surface area contributed by atoms with Crippen LogP contribution >= 0.6 is 11.8 Å². The first-order valence-corrected chi connectivity index (χ1v) is 9.01. The number of halogens is 2. The Hall–Kier alpha value is -2.67. The van der Waals surface area contributed by atoms with Gasteiger partial charge in [-0.2, -0.15) is 8.78 Å². The predicted octanol–water partition coefficient (Wildman–Crippen LogP) is 5.69. The monoisotopic (exact) mass is 371 g/mol. The second-order valence-corrected chi connectivity index (χ2v) is 6.65. The van der Waals surface area contributed by atoms with E-state index in [-0.39, 0.29) is 5.16 Å². The molecule has 4 aromatic rings. The topological polar surface area (TPSA) is 43.9 Å². The number of aromatic nitrogens is 3. The van der Waals surface area contributed by atoms with Gasteiger partial charge in [-0.1, -0.05) is 42.1 Å². The molecule has 0 saturated carbocycles. The number of benzene rings is 2. The number of alkyl halides is 2. The molecule has 0 aliphatic carbocycles. The van der Waals surface area contributed by atoms with Gasteiger partial charge in [-0.3, -0.25) is 4.57 Å². The molecule has 0 spiro atoms. The van der Waals surface area contributed by atoms with Crippen molar-refractivity contribution in [2.45, 2.75) is 24.4 Å². The van der Waals surface area contributed by atoms with Gasteiger partial charge in [0.1, 0.15) is 5.76 Å². The van der Waals surface area contributed by atoms with Crippen LogP contribution in [-0.2, 0) is 5.75 Å². The van der Waals surface area contributed by atoms with Gasteiger partial charge in [0, 0.05) is 11.3 Å². The molecule has 0 aliphatic rings. The van der Waals surface area contributed by atoms with E-state index in [1.165, 1.54) is 11.8 Å². The molecule has 0 bridgehead atoms. The highest BCUT2D eigenvalue weighted by Gasteiger charge is 2.19. The molecule has 2 heterocycles. The van der Waals surface area contributed by atoms with Crippen LogP contribution in [0.25, 0.3) is 22.5 Å². The van der Waals surface area contributed by atoms with E-state index in [9.17, 15) is 8.78 Å². The minimum atomic E-state index is -2.65. The molecule has 0 radical (unpaired) electrons. The number of rotatable bonds is 5. The number of fused-ring (bicyclic) bond motifs is 1. The van der Waals surface area contributed by atoms with Crippen LogP contribution in [0.4, 0.5) is 8.78 Å². The van der Waals surface area contributed by atoms with Gasteiger partial charge < -0.3 is 4.42 Å². The number of aryl methyl sites for hydroxylation is 1. The van der Waals surface area contributed by atoms with Crippen LogP contribution in [0, 0.1) is 6.92 Å². The van der Waals surface area contributed by atoms with Crippen LogP contribution in [0.1, 0.15) is 18.0 Å². The molecular formula is C19H15F2N3OS. The molecule has 132 valence electrons. The van der Waals surface area contributed by atoms with Gasteiger partial charge in [0.25, 0.3) is 0 Å². The minimum absolute atomic E-state index is 0.268. The zero-order chi connectivity index (χ0) is 18.1. The molecule has 0 saturated heterocycles. The molecule has 0 unspecified atom stereocenters. The number of thioether (sulfide) groups is 1. The van der Waals surface area contributed by atoms with Crippen LogP contribution in [0.2, 0.25) is 0 Å². The van der Waals surface area contributed by atoms with E-state index in [1.54, 1.807) is 24.3 Å². The van der Waals surface area contributed by atoms with Crippen molar-refractivity contribution in [3.8, 4) is 11.5 Å². The Morgan fingerprint density at radius 3 is 2.54 bits per heavy atom. The lowest BCUT2D eigenvalue weighted by molar-refractivity contribution is 0.0656. The number of hydrogen-bond acceptors (Lipinski definition) is 4. The van der Waals surface area contributed by atoms with Gasteiger partial charge in [0.15, 0.2) is 5.16 Å². The van der Waals surface area contributed by atoms with Crippen molar-refractivity contribution in [1.29, 1.82) is 0 Å². The highest BCUT2D eigenvalue weighted by molar-refractivity contribution is 7.98. The maximum absolute atomic E-state index is 13.5. The van der Waals surface area contributed by atoms with E-state index < -0.39 is 6.55 Å². The Labute approximate surface area is 152 Å². The largest absolute Gasteiger partial charge is 0.441 e. The number of imidazole rings is 1. The Kier molecular flexibility index (Phi) is 4.46. The van der Waals surface area contributed by atoms with Crippen LogP contribution in [0.15, 0.2) is 64.2 Å². The first-order valence-electron chi connectivity index (χ1n) is 8.03. The summed E-state index contributed by atoms with van der Waals surface area (Å²) in [5.74, 6) is 1.61. The van der Waals surface area contributed by atoms with Crippen molar-refractivity contribution in [2.75, 3.05) is 0 Å². The SMILES string of the molecule is Cc1oc(-c2ccccc2)nc1CSc1nc2ccccc2n1C(F)F. The minimum Gasteiger partial charge on any atom is -0.441 e. The molecule has 2 aromatic heterocycles. The van der Waals surface area contributed by atoms with E-state index in [0.717, 1.165) is 15.8 Å². The lowest BCUT2D eigenvalue weighted by atomic mass is 10.2. The van der Waals surface area contributed by atoms with E-state index in [2.05, 4.69) is 9.97 Å². The molecule has 0 fully saturated rings. The summed E-state index contributed by atoms with van der Waals surface area (Å²) in [5.41, 5.74) is 2.58. The third-order valence-corrected chi connectivity index (χ3v) is 4.97. The second-order valence-electron chi connectivity index (χ2n) is 5.71. The fourth-order valence-corrected chi connectivity index (χ4v) is 3.73. The van der Waals surface area contributed by atoms with Crippen LogP contribution in [0.5, 0.6) is 0 Å². The summed E-state index contributed by atoms with van der Waals surface area (Å²) in [6.45, 7) is -0.825. The van der Waals surface area contributed by atoms with E-state index in [4.69, 9.17) is 4.42 Å². The molecule has 7 heteroatoms. The van der Waals surface area contributed by atoms with Gasteiger partial charge in [-0.05, 0) is 31.2 Å². The summed E-state index contributed by atoms with van der Waals surface area (Å²) in [6, 6.07) is 16.5. The smallest absolute Gasteiger partial charge is 0.321 e. The maximum atomic E-state index is 13.5. The fraction of sp³-hybridized carbons (Fsp3) is 0.158. The molecule has 2 aromatic carbocycles. The fourth-order valence-electron chi connectivity index (χ4n) is 2.71. The maximum Gasteiger partial charge on any atom is 0.321 e. The van der Waals surface area contributed by atoms with E-state index in [0.29, 0.717) is 28.4 Å². The van der Waals surface area contributed by atoms with Gasteiger partial charge in [0.2, 0.25) is 5.89 Å². The van der Waals surface area contributed by atoms with Crippen molar-refractivity contribution >= 4 is 22.8 Å². The first-order chi connectivity index (χ1) is 12.6. The molecule has 26 heavy (non-hydrogen) atoms. The van der Waals surface area contributed by atoms with Crippen molar-refractivity contribution < 1.29 is 13.2 Å². The van der Waals surface area contributed by atoms with Crippen molar-refractivity contribution in [1.82, 2.24) is 14.5 Å². The van der Waals surface area contributed by atoms with Crippen LogP contribution in [0.3, 0.4) is 0 Å². The normalized spacial score (nSPS) is 11.5. The Balaban J connectivity index is 1.61. The molecule has 0 amide bonds. The van der Waals surface area contributed by atoms with E-state index in [1.807, 2.05) is 37.3 Å². The Bertz CT molecular complexity index is 1040. The van der Waals surface area contributed by atoms with Gasteiger partial charge >= 0.3 is 6.55 Å². The van der Waals surface area contributed by atoms with Gasteiger partial charge in [0.05, 0.1) is 16.7 Å². The number of para-hydroxylation sites is 2. The third kappa shape index (κ3) is 3.10. The summed E-state index contributed by atoms with van der Waals surface area (Å²) in [6.07, 6.45) is 0. The number of hydrogen-bond donors (Lipinski definition) is 0. The molecule has 4 nitrogen and oxygen atoms in total. The predicted molar refractivity (Wildman–Crippen MR) is 97.2 cm³/mol. The summed E-state index contributed by atoms with van der Waals surface area (Å²) in [5, 5.41) is 0.268. The van der Waals surface area contributed by atoms with E-state index >= 15 is 0 Å². The van der Waals surface area contributed by atoms with Gasteiger partial charge in [-0.15, -0.1) is 0 Å². The average Bonchev–Trinajstić information content (AvgIpc) is 3.21. The van der Waals surface area contributed by atoms with Crippen LogP contribution in [-0.4, -0.2) is 14.5 Å². The lowest BCUT2D eigenvalue weighted by Crippen LogP contribution is -2.00. The van der Waals surface area contributed by atoms with Crippen molar-refractivity contribution in [3.05, 3.63) is 66.1 Å². The number of nitrogens with zero attached hydrogens (tertiary/aromatic N) is 3. The summed E-state index contributed by atoms with van der Waals surface area (Å²) in [4.78, 5) is 8.84. The van der Waals surface area contributed by atoms with Crippen LogP contribution < -0.4 is 0 Å². The zero-order valence-corrected chi connectivity index (χ0v) is 14.7. The highest BCUT2D eigenvalue weighted by Crippen LogP contribution is 2.32. The van der Waals surface area contributed by atoms with Crippen molar-refractivity contribution in [3.63, 3.8) is 0 Å². The summed E-state index contributed by atoms with van der Waals surface area (Å²) >= 11 is 1.23. The van der Waals surface area contributed by atoms with Gasteiger partial charge in [-0.25, -0.2) is 9.97 Å². The molecule has 0 N–H and O–H groups in total. The average molecular weight is 371 g/mol. The summed E-state index contributed by atoms with van der Waals surface area (Å²) < 4.78 is 33.7. The Morgan fingerprint density at radius 1 is 1.04 bits per heavy atom.